The summed E-state index contributed by atoms with van der Waals surface area (Å²) in [6.07, 6.45) is 1.89. The summed E-state index contributed by atoms with van der Waals surface area (Å²) in [7, 11) is 1.72. The molecule has 0 aliphatic heterocycles. The van der Waals surface area contributed by atoms with Crippen LogP contribution in [0, 0.1) is 0 Å². The fourth-order valence-corrected chi connectivity index (χ4v) is 2.80. The maximum Gasteiger partial charge on any atom is 0.122 e. The number of para-hydroxylation sites is 1. The van der Waals surface area contributed by atoms with Gasteiger partial charge in [-0.1, -0.05) is 48.9 Å². The van der Waals surface area contributed by atoms with Gasteiger partial charge in [-0.2, -0.15) is 0 Å². The van der Waals surface area contributed by atoms with Gasteiger partial charge in [0.1, 0.15) is 5.75 Å². The number of likely N-dealkylation sites (N-methyl/N-ethyl adjacent to an activating group) is 1. The highest BCUT2D eigenvalue weighted by Crippen LogP contribution is 2.20. The van der Waals surface area contributed by atoms with Crippen molar-refractivity contribution in [3.05, 3.63) is 64.7 Å². The molecule has 0 fully saturated rings. The highest BCUT2D eigenvalue weighted by atomic mass is 35.5. The predicted molar refractivity (Wildman–Crippen MR) is 89.3 cm³/mol. The number of hydrogen-bond donors (Lipinski definition) is 1. The van der Waals surface area contributed by atoms with Crippen LogP contribution in [0.5, 0.6) is 5.75 Å². The van der Waals surface area contributed by atoms with Gasteiger partial charge in [0.2, 0.25) is 0 Å². The highest BCUT2D eigenvalue weighted by molar-refractivity contribution is 6.30. The molecule has 0 heterocycles. The second-order valence-corrected chi connectivity index (χ2v) is 5.54. The van der Waals surface area contributed by atoms with Crippen molar-refractivity contribution in [2.45, 2.75) is 25.8 Å². The fourth-order valence-electron chi connectivity index (χ4n) is 2.59. The maximum absolute atomic E-state index is 6.07. The van der Waals surface area contributed by atoms with Crippen LogP contribution in [-0.4, -0.2) is 19.7 Å². The van der Waals surface area contributed by atoms with Gasteiger partial charge in [0.05, 0.1) is 7.11 Å². The van der Waals surface area contributed by atoms with Crippen LogP contribution in [0.15, 0.2) is 48.5 Å². The topological polar surface area (TPSA) is 21.3 Å². The van der Waals surface area contributed by atoms with Crippen molar-refractivity contribution in [3.8, 4) is 5.75 Å². The molecule has 0 spiro atoms. The van der Waals surface area contributed by atoms with Crippen molar-refractivity contribution in [2.75, 3.05) is 13.7 Å². The Morgan fingerprint density at radius 1 is 1.10 bits per heavy atom. The Bertz CT molecular complexity index is 571. The van der Waals surface area contributed by atoms with Gasteiger partial charge in [-0.25, -0.2) is 0 Å². The summed E-state index contributed by atoms with van der Waals surface area (Å²) in [5, 5.41) is 4.34. The van der Waals surface area contributed by atoms with E-state index in [4.69, 9.17) is 16.3 Å². The lowest BCUT2D eigenvalue weighted by Crippen LogP contribution is -2.33. The molecule has 3 heteroatoms. The molecule has 0 aromatic heterocycles. The maximum atomic E-state index is 6.07. The van der Waals surface area contributed by atoms with Gasteiger partial charge in [-0.3, -0.25) is 0 Å². The first-order valence-corrected chi connectivity index (χ1v) is 7.70. The van der Waals surface area contributed by atoms with E-state index in [0.29, 0.717) is 6.04 Å². The molecule has 0 bridgehead atoms. The molecular formula is C18H22ClNO. The zero-order valence-electron chi connectivity index (χ0n) is 12.6. The summed E-state index contributed by atoms with van der Waals surface area (Å²) in [6, 6.07) is 16.6. The largest absolute Gasteiger partial charge is 0.496 e. The number of methoxy groups -OCH3 is 1. The third-order valence-electron chi connectivity index (χ3n) is 3.52. The summed E-state index contributed by atoms with van der Waals surface area (Å²) in [5.41, 5.74) is 2.48. The summed E-state index contributed by atoms with van der Waals surface area (Å²) >= 11 is 6.07. The van der Waals surface area contributed by atoms with E-state index in [0.717, 1.165) is 30.2 Å². The van der Waals surface area contributed by atoms with E-state index >= 15 is 0 Å². The average Bonchev–Trinajstić information content (AvgIpc) is 2.48. The molecule has 0 aliphatic rings. The first-order chi connectivity index (χ1) is 10.2. The minimum atomic E-state index is 0.366. The van der Waals surface area contributed by atoms with Crippen LogP contribution in [0.3, 0.4) is 0 Å². The van der Waals surface area contributed by atoms with Gasteiger partial charge in [0.15, 0.2) is 0 Å². The Kier molecular flexibility index (Phi) is 6.09. The number of rotatable bonds is 7. The molecule has 0 aliphatic carbocycles. The molecule has 1 unspecified atom stereocenters. The molecule has 2 rings (SSSR count). The third kappa shape index (κ3) is 4.76. The molecule has 0 amide bonds. The van der Waals surface area contributed by atoms with E-state index < -0.39 is 0 Å². The Hall–Kier alpha value is -1.51. The minimum absolute atomic E-state index is 0.366. The Morgan fingerprint density at radius 3 is 2.62 bits per heavy atom. The quantitative estimate of drug-likeness (QED) is 0.831. The predicted octanol–water partition coefficient (Wildman–Crippen LogP) is 4.11. The Labute approximate surface area is 132 Å². The Balaban J connectivity index is 2.11. The van der Waals surface area contributed by atoms with E-state index in [-0.39, 0.29) is 0 Å². The van der Waals surface area contributed by atoms with Crippen LogP contribution in [-0.2, 0) is 12.8 Å². The molecule has 2 aromatic carbocycles. The van der Waals surface area contributed by atoms with Crippen LogP contribution in [0.25, 0.3) is 0 Å². The lowest BCUT2D eigenvalue weighted by atomic mass is 9.98. The second-order valence-electron chi connectivity index (χ2n) is 5.10. The number of hydrogen-bond acceptors (Lipinski definition) is 2. The van der Waals surface area contributed by atoms with Crippen molar-refractivity contribution in [2.24, 2.45) is 0 Å². The summed E-state index contributed by atoms with van der Waals surface area (Å²) < 4.78 is 5.44. The third-order valence-corrected chi connectivity index (χ3v) is 3.76. The average molecular weight is 304 g/mol. The monoisotopic (exact) mass is 303 g/mol. The van der Waals surface area contributed by atoms with Crippen LogP contribution in [0.2, 0.25) is 5.02 Å². The van der Waals surface area contributed by atoms with Gasteiger partial charge in [-0.15, -0.1) is 0 Å². The molecule has 0 saturated heterocycles. The molecular weight excluding hydrogens is 282 g/mol. The summed E-state index contributed by atoms with van der Waals surface area (Å²) in [6.45, 7) is 3.08. The van der Waals surface area contributed by atoms with Gasteiger partial charge in [0.25, 0.3) is 0 Å². The van der Waals surface area contributed by atoms with Gasteiger partial charge >= 0.3 is 0 Å². The molecule has 21 heavy (non-hydrogen) atoms. The Morgan fingerprint density at radius 2 is 1.90 bits per heavy atom. The number of halogens is 1. The zero-order chi connectivity index (χ0) is 15.1. The molecule has 2 nitrogen and oxygen atoms in total. The molecule has 2 aromatic rings. The first-order valence-electron chi connectivity index (χ1n) is 7.32. The van der Waals surface area contributed by atoms with E-state index in [1.165, 1.54) is 11.1 Å². The van der Waals surface area contributed by atoms with Crippen LogP contribution in [0.1, 0.15) is 18.1 Å². The van der Waals surface area contributed by atoms with Crippen molar-refractivity contribution in [1.82, 2.24) is 5.32 Å². The van der Waals surface area contributed by atoms with Crippen LogP contribution < -0.4 is 10.1 Å². The van der Waals surface area contributed by atoms with E-state index in [9.17, 15) is 0 Å². The first kappa shape index (κ1) is 15.9. The molecule has 112 valence electrons. The van der Waals surface area contributed by atoms with E-state index in [1.807, 2.05) is 30.3 Å². The number of ether oxygens (including phenoxy) is 1. The standard InChI is InChI=1S/C18H22ClNO/c1-3-20-17(12-14-7-6-9-16(19)11-14)13-15-8-4-5-10-18(15)21-2/h4-11,17,20H,3,12-13H2,1-2H3. The van der Waals surface area contributed by atoms with Crippen molar-refractivity contribution >= 4 is 11.6 Å². The smallest absolute Gasteiger partial charge is 0.122 e. The van der Waals surface area contributed by atoms with Gasteiger partial charge < -0.3 is 10.1 Å². The highest BCUT2D eigenvalue weighted by Gasteiger charge is 2.12. The van der Waals surface area contributed by atoms with Crippen molar-refractivity contribution in [1.29, 1.82) is 0 Å². The minimum Gasteiger partial charge on any atom is -0.496 e. The second kappa shape index (κ2) is 8.06. The molecule has 1 N–H and O–H groups in total. The lowest BCUT2D eigenvalue weighted by molar-refractivity contribution is 0.404. The van der Waals surface area contributed by atoms with Crippen LogP contribution >= 0.6 is 11.6 Å². The molecule has 0 radical (unpaired) electrons. The van der Waals surface area contributed by atoms with E-state index in [2.05, 4.69) is 30.4 Å². The summed E-state index contributed by atoms with van der Waals surface area (Å²) in [4.78, 5) is 0. The normalized spacial score (nSPS) is 12.1. The van der Waals surface area contributed by atoms with Crippen molar-refractivity contribution in [3.63, 3.8) is 0 Å². The molecule has 1 atom stereocenters. The summed E-state index contributed by atoms with van der Waals surface area (Å²) in [5.74, 6) is 0.950. The molecule has 0 saturated carbocycles. The number of benzene rings is 2. The van der Waals surface area contributed by atoms with Gasteiger partial charge in [-0.05, 0) is 48.7 Å². The van der Waals surface area contributed by atoms with Crippen molar-refractivity contribution < 1.29 is 4.74 Å². The van der Waals surface area contributed by atoms with E-state index in [1.54, 1.807) is 7.11 Å². The number of nitrogens with one attached hydrogen (secondary N) is 1. The fraction of sp³-hybridized carbons (Fsp3) is 0.333. The van der Waals surface area contributed by atoms with Crippen LogP contribution in [0.4, 0.5) is 0 Å². The lowest BCUT2D eigenvalue weighted by Gasteiger charge is -2.19. The van der Waals surface area contributed by atoms with Gasteiger partial charge in [0, 0.05) is 11.1 Å². The zero-order valence-corrected chi connectivity index (χ0v) is 13.4. The SMILES string of the molecule is CCNC(Cc1cccc(Cl)c1)Cc1ccccc1OC.